The van der Waals surface area contributed by atoms with Crippen molar-refractivity contribution in [1.29, 1.82) is 0 Å². The summed E-state index contributed by atoms with van der Waals surface area (Å²) in [6, 6.07) is 16.3. The maximum absolute atomic E-state index is 13.3. The largest absolute Gasteiger partial charge is 0.744 e. The van der Waals surface area contributed by atoms with Crippen LogP contribution in [0.3, 0.4) is 0 Å². The van der Waals surface area contributed by atoms with Gasteiger partial charge in [0, 0.05) is 159 Å². The molecule has 2 atom stereocenters. The highest BCUT2D eigenvalue weighted by Crippen LogP contribution is 2.51. The zero-order chi connectivity index (χ0) is 88.0. The van der Waals surface area contributed by atoms with Crippen molar-refractivity contribution >= 4 is 110 Å². The predicted octanol–water partition coefficient (Wildman–Crippen LogP) is 9.97. The summed E-state index contributed by atoms with van der Waals surface area (Å²) in [6.45, 7) is 22.6. The number of aliphatic carboxylic acids is 4. The minimum Gasteiger partial charge on any atom is -0.744 e. The molecule has 0 aliphatic carbocycles. The van der Waals surface area contributed by atoms with Crippen LogP contribution in [0.25, 0.3) is 0 Å². The lowest BCUT2D eigenvalue weighted by atomic mass is 9.81. The fourth-order valence-corrected chi connectivity index (χ4v) is 18.4. The van der Waals surface area contributed by atoms with Crippen LogP contribution < -0.4 is 26.2 Å². The number of nitrogens with one attached hydrogen (secondary N) is 4. The van der Waals surface area contributed by atoms with Crippen molar-refractivity contribution in [2.24, 2.45) is 5.73 Å². The van der Waals surface area contributed by atoms with Gasteiger partial charge in [0.05, 0.1) is 48.8 Å². The average molecular weight is 1730 g/mol. The molecular weight excluding hydrogens is 1620 g/mol. The molecule has 4 aromatic carbocycles. The number of rotatable bonds is 38. The fourth-order valence-electron chi connectivity index (χ4n) is 15.5. The summed E-state index contributed by atoms with van der Waals surface area (Å²) in [5.41, 5.74) is 13.4. The number of hydrogen-bond acceptors (Lipinski definition) is 21. The number of nitrogens with zero attached hydrogens (tertiary/aromatic N) is 6. The molecule has 4 aliphatic rings. The van der Waals surface area contributed by atoms with Crippen molar-refractivity contribution in [3.63, 3.8) is 0 Å². The molecule has 6 heterocycles. The van der Waals surface area contributed by atoms with Gasteiger partial charge in [-0.3, -0.25) is 23.7 Å². The lowest BCUT2D eigenvalue weighted by Crippen LogP contribution is -2.42. The van der Waals surface area contributed by atoms with Gasteiger partial charge in [-0.1, -0.05) is 39.8 Å². The normalized spacial score (nSPS) is 16.9. The van der Waals surface area contributed by atoms with Gasteiger partial charge in [0.2, 0.25) is 23.2 Å². The van der Waals surface area contributed by atoms with Crippen LogP contribution in [0.1, 0.15) is 188 Å². The van der Waals surface area contributed by atoms with E-state index >= 15 is 0 Å². The molecule has 32 nitrogen and oxygen atoms in total. The number of carbonyl (C=O) groups is 6. The van der Waals surface area contributed by atoms with Crippen LogP contribution in [0.5, 0.6) is 0 Å². The zero-order valence-corrected chi connectivity index (χ0v) is 71.6. The lowest BCUT2D eigenvalue weighted by Gasteiger charge is -2.25. The summed E-state index contributed by atoms with van der Waals surface area (Å²) in [5, 5.41) is 41.3. The number of hydrogen-bond donors (Lipinski definition) is 10. The first kappa shape index (κ1) is 94.1. The van der Waals surface area contributed by atoms with E-state index in [1.54, 1.807) is 30.3 Å². The van der Waals surface area contributed by atoms with Crippen LogP contribution in [0.4, 0.5) is 22.7 Å². The Morgan fingerprint density at radius 3 is 1.24 bits per heavy atom. The third-order valence-electron chi connectivity index (χ3n) is 21.8. The zero-order valence-electron chi connectivity index (χ0n) is 68.4. The second-order valence-electron chi connectivity index (χ2n) is 31.5. The third kappa shape index (κ3) is 23.2. The number of likely N-dealkylation sites (N-methyl/N-ethyl adjacent to an activating group) is 2. The second kappa shape index (κ2) is 39.2. The van der Waals surface area contributed by atoms with Gasteiger partial charge in [0.1, 0.15) is 45.4 Å². The van der Waals surface area contributed by atoms with E-state index in [9.17, 15) is 86.3 Å². The number of H-pyrrole nitrogens is 2. The highest BCUT2D eigenvalue weighted by molar-refractivity contribution is 7.91. The Kier molecular flexibility index (Phi) is 31.0. The van der Waals surface area contributed by atoms with Crippen LogP contribution in [0.2, 0.25) is 0 Å². The Morgan fingerprint density at radius 2 is 0.891 bits per heavy atom. The Labute approximate surface area is 695 Å². The number of amides is 2. The number of sulfone groups is 1. The Morgan fingerprint density at radius 1 is 0.513 bits per heavy atom. The summed E-state index contributed by atoms with van der Waals surface area (Å²) >= 11 is 0. The van der Waals surface area contributed by atoms with E-state index in [-0.39, 0.29) is 89.9 Å². The van der Waals surface area contributed by atoms with Crippen LogP contribution in [-0.2, 0) is 103 Å². The van der Waals surface area contributed by atoms with Gasteiger partial charge in [-0.05, 0) is 177 Å². The van der Waals surface area contributed by atoms with Crippen molar-refractivity contribution in [3.8, 4) is 0 Å². The van der Waals surface area contributed by atoms with Crippen molar-refractivity contribution in [3.05, 3.63) is 179 Å². The third-order valence-corrected chi connectivity index (χ3v) is 26.1. The molecule has 6 aromatic rings. The number of unbranched alkanes of at least 4 members (excludes halogenated alkanes) is 5. The standard InChI is InChI=1S/C42H53N5O10S2.C37H45N5O9S2.C4H9NO2.H2/c1-6-46-34-19-17-29(58(53,54)22-11-9-16-39(49)50)24-31(34)41(2,3)36(46)13-12-14-37-42(4,5)32-25-30(59(55,56)57)18-20-35(32)47(37)21-10-7-8-15-38(48)45-33(40(51)52)23-28-26-43-27-44-28;1-6-41-30-16-14-25(52(46,47)48)20-27(30)36(2,3)32(41)11-10-12-33-37(4,5)28-21-26(53(49,50)51)15-17-31(28)42(33)18-9-7-8-13-34(43)40-29(35(44)45)19-24-22-38-23-39-24;5-3-1-2-4(6)7;/h12-14,17-20,24-27,33H,6-11,15-16,21-23H2,1-5H3,(H4-,43,44,45,48,49,50,51,52,55,56,57);10-12,14-17,20-23,29H,6-9,13,18-19H2,1-5H3,(H4-,38,39,40,43,44,45,46,47,48,49,50,51);1-3,5H2,(H,6,7);1H/t33-;29-;;/m11../s1/i;;;1+1. The molecule has 2 amide bonds. The Balaban J connectivity index is 0.000000305. The number of anilines is 2. The van der Waals surface area contributed by atoms with E-state index in [4.69, 9.17) is 15.9 Å². The van der Waals surface area contributed by atoms with Crippen LogP contribution >= 0.6 is 0 Å². The molecule has 11 N–H and O–H groups in total. The number of carbonyl (C=O) groups excluding carboxylic acids is 2. The van der Waals surface area contributed by atoms with E-state index in [0.29, 0.717) is 100 Å². The molecule has 2 aromatic heterocycles. The summed E-state index contributed by atoms with van der Waals surface area (Å²) in [6.07, 6.45) is 22.9. The molecule has 4 aliphatic heterocycles. The smallest absolute Gasteiger partial charge is 0.326 e. The van der Waals surface area contributed by atoms with Gasteiger partial charge in [0.15, 0.2) is 21.3 Å². The molecular formula is C83H109N11O21S4. The first-order chi connectivity index (χ1) is 55.7. The van der Waals surface area contributed by atoms with Crippen LogP contribution in [-0.4, -0.2) is 195 Å². The highest BCUT2D eigenvalue weighted by atomic mass is 32.2. The number of nitrogens with two attached hydrogens (primary N) is 1. The maximum Gasteiger partial charge on any atom is 0.326 e. The van der Waals surface area contributed by atoms with E-state index in [2.05, 4.69) is 49.5 Å². The minimum absolute atomic E-state index is 0. The molecule has 10 rings (SSSR count). The van der Waals surface area contributed by atoms with Crippen molar-refractivity contribution in [2.45, 2.75) is 219 Å². The fraction of sp³-hybridized carbons (Fsp3) is 0.446. The first-order valence-electron chi connectivity index (χ1n) is 39.2. The van der Waals surface area contributed by atoms with E-state index < -0.39 is 97.8 Å². The molecule has 0 saturated carbocycles. The van der Waals surface area contributed by atoms with Gasteiger partial charge in [-0.2, -0.15) is 17.6 Å². The molecule has 119 heavy (non-hydrogen) atoms. The topological polar surface area (TPSA) is 506 Å². The first-order valence-corrected chi connectivity index (χ1v) is 45.1. The van der Waals surface area contributed by atoms with Crippen molar-refractivity contribution in [2.75, 3.05) is 48.3 Å². The van der Waals surface area contributed by atoms with Gasteiger partial charge in [-0.25, -0.2) is 44.8 Å². The Hall–Kier alpha value is -10.3. The van der Waals surface area contributed by atoms with E-state index in [1.165, 1.54) is 61.4 Å². The number of carboxylic acid groups (broad SMARTS) is 4. The number of aromatic amines is 2. The van der Waals surface area contributed by atoms with Gasteiger partial charge in [0.25, 0.3) is 10.1 Å². The summed E-state index contributed by atoms with van der Waals surface area (Å²) < 4.78 is 136. The minimum atomic E-state index is -4.72. The summed E-state index contributed by atoms with van der Waals surface area (Å²) in [4.78, 5) is 86.4. The highest BCUT2D eigenvalue weighted by Gasteiger charge is 2.48. The van der Waals surface area contributed by atoms with Crippen molar-refractivity contribution < 1.29 is 107 Å². The molecule has 0 radical (unpaired) electrons. The van der Waals surface area contributed by atoms with Gasteiger partial charge in [-0.15, -0.1) is 0 Å². The summed E-state index contributed by atoms with van der Waals surface area (Å²) in [7, 11) is -17.5. The predicted molar refractivity (Wildman–Crippen MR) is 446 cm³/mol. The molecule has 0 saturated heterocycles. The quantitative estimate of drug-likeness (QED) is 0.00978. The number of aromatic nitrogens is 4. The molecule has 36 heteroatoms. The van der Waals surface area contributed by atoms with E-state index in [1.807, 2.05) is 112 Å². The SMILES string of the molecule is CCN1C(=CC=CC2=[N+](CCCCCC(=O)N[C@H](Cc3cnc[nH]3)C(=O)O)c3ccc(S(=O)(=O)[O-])cc3C2(C)C)C(C)(C)c2cc(S(=O)(=O)CCCCC(=O)O)ccc21.CCN1C(=CC=CC2=[N+](CCCCCC(=O)N[C@H](Cc3cnc[nH]3)C(=O)O)c3ccc(S(=O)(=O)[O-])cc3C2(C)C)C(C)(C)c2cc(S(=O)(=O)O)ccc21.NCCCC(=O)O.[2HH]. The lowest BCUT2D eigenvalue weighted by molar-refractivity contribution is -0.438. The molecule has 646 valence electrons. The number of imidazole rings is 2. The van der Waals surface area contributed by atoms with E-state index in [0.717, 1.165) is 56.7 Å². The Bertz CT molecular complexity index is 5460. The number of allylic oxidation sites excluding steroid dienone is 8. The van der Waals surface area contributed by atoms with Gasteiger partial charge < -0.3 is 65.7 Å². The second-order valence-corrected chi connectivity index (χ2v) is 37.8. The molecule has 0 spiro atoms. The van der Waals surface area contributed by atoms with Crippen LogP contribution in [0, 0.1) is 0 Å². The number of carboxylic acids is 4. The van der Waals surface area contributed by atoms with Crippen LogP contribution in [0.15, 0.2) is 165 Å². The van der Waals surface area contributed by atoms with Gasteiger partial charge >= 0.3 is 23.9 Å². The molecule has 0 bridgehead atoms. The summed E-state index contributed by atoms with van der Waals surface area (Å²) in [5.74, 6) is -4.91. The molecule has 0 fully saturated rings. The maximum atomic E-state index is 13.3. The van der Waals surface area contributed by atoms with Crippen molar-refractivity contribution in [1.82, 2.24) is 30.6 Å². The monoisotopic (exact) mass is 1720 g/mol. The number of benzene rings is 4. The number of fused-ring (bicyclic) bond motifs is 4. The average Bonchev–Trinajstić information content (AvgIpc) is 1.60. The molecule has 0 unspecified atom stereocenters.